The molecule has 0 saturated carbocycles. The summed E-state index contributed by atoms with van der Waals surface area (Å²) in [4.78, 5) is 2.02. The first-order valence-corrected chi connectivity index (χ1v) is 12.0. The number of rotatable bonds is 7. The van der Waals surface area contributed by atoms with Crippen molar-refractivity contribution < 1.29 is 17.5 Å². The Balaban J connectivity index is 1.29. The molecule has 0 aliphatic carbocycles. The Kier molecular flexibility index (Phi) is 6.20. The molecule has 2 aromatic carbocycles. The second-order valence-corrected chi connectivity index (χ2v) is 9.27. The van der Waals surface area contributed by atoms with Crippen molar-refractivity contribution in [3.05, 3.63) is 60.5 Å². The largest absolute Gasteiger partial charge is 0.378 e. The number of sulfonamides is 1. The van der Waals surface area contributed by atoms with Gasteiger partial charge in [0.25, 0.3) is 10.0 Å². The predicted molar refractivity (Wildman–Crippen MR) is 125 cm³/mol. The van der Waals surface area contributed by atoms with Crippen LogP contribution in [0.25, 0.3) is 11.4 Å². The van der Waals surface area contributed by atoms with Gasteiger partial charge in [0.1, 0.15) is 5.82 Å². The minimum atomic E-state index is -3.99. The minimum absolute atomic E-state index is 0.0456. The summed E-state index contributed by atoms with van der Waals surface area (Å²) in [6.07, 6.45) is 1.70. The maximum Gasteiger partial charge on any atom is 0.261 e. The number of aromatic amines is 1. The van der Waals surface area contributed by atoms with E-state index >= 15 is 0 Å². The fourth-order valence-electron chi connectivity index (χ4n) is 3.51. The normalized spacial score (nSPS) is 14.0. The van der Waals surface area contributed by atoms with Gasteiger partial charge in [-0.25, -0.2) is 12.8 Å². The zero-order valence-electron chi connectivity index (χ0n) is 18.2. The standard InChI is InChI=1S/C21H20FN9O3S/c22-19-6-5-17(12-18(19)21-26-29-30-27-21)35(32,33)28-15-3-1-14(2-4-15)24-20-11-16(13-23-25-20)31-7-9-34-10-8-31/h1-6,11-13,28H,7-10H2,(H,24,25)(H,26,27,29,30). The van der Waals surface area contributed by atoms with E-state index in [1.165, 1.54) is 0 Å². The summed E-state index contributed by atoms with van der Waals surface area (Å²) in [5.74, 6) is -0.153. The Hall–Kier alpha value is -4.17. The van der Waals surface area contributed by atoms with Gasteiger partial charge in [-0.3, -0.25) is 4.72 Å². The first-order chi connectivity index (χ1) is 17.0. The van der Waals surface area contributed by atoms with Crippen LogP contribution in [-0.2, 0) is 14.8 Å². The highest BCUT2D eigenvalue weighted by Gasteiger charge is 2.19. The first kappa shape index (κ1) is 22.6. The van der Waals surface area contributed by atoms with E-state index in [-0.39, 0.29) is 16.3 Å². The predicted octanol–water partition coefficient (Wildman–Crippen LogP) is 2.18. The first-order valence-electron chi connectivity index (χ1n) is 10.6. The smallest absolute Gasteiger partial charge is 0.261 e. The van der Waals surface area contributed by atoms with Crippen molar-refractivity contribution in [1.29, 1.82) is 0 Å². The molecule has 3 heterocycles. The Morgan fingerprint density at radius 2 is 1.77 bits per heavy atom. The lowest BCUT2D eigenvalue weighted by Crippen LogP contribution is -2.36. The van der Waals surface area contributed by atoms with Crippen LogP contribution < -0.4 is 14.9 Å². The van der Waals surface area contributed by atoms with Crippen molar-refractivity contribution in [2.24, 2.45) is 0 Å². The lowest BCUT2D eigenvalue weighted by molar-refractivity contribution is 0.122. The molecule has 1 saturated heterocycles. The van der Waals surface area contributed by atoms with E-state index < -0.39 is 15.8 Å². The van der Waals surface area contributed by atoms with Gasteiger partial charge in [-0.2, -0.15) is 10.3 Å². The Morgan fingerprint density at radius 1 is 1.00 bits per heavy atom. The number of nitrogens with zero attached hydrogens (tertiary/aromatic N) is 6. The lowest BCUT2D eigenvalue weighted by Gasteiger charge is -2.28. The number of aromatic nitrogens is 6. The fraction of sp³-hybridized carbons (Fsp3) is 0.190. The van der Waals surface area contributed by atoms with Crippen LogP contribution in [-0.4, -0.2) is 65.5 Å². The Bertz CT molecular complexity index is 1410. The number of tetrazole rings is 1. The van der Waals surface area contributed by atoms with E-state index in [9.17, 15) is 12.8 Å². The summed E-state index contributed by atoms with van der Waals surface area (Å²) < 4.78 is 47.7. The van der Waals surface area contributed by atoms with Crippen LogP contribution in [0.5, 0.6) is 0 Å². The molecule has 0 spiro atoms. The summed E-state index contributed by atoms with van der Waals surface area (Å²) >= 11 is 0. The fourth-order valence-corrected chi connectivity index (χ4v) is 4.60. The van der Waals surface area contributed by atoms with E-state index in [1.54, 1.807) is 30.5 Å². The summed E-state index contributed by atoms with van der Waals surface area (Å²) in [6.45, 7) is 2.90. The molecule has 0 atom stereocenters. The maximum atomic E-state index is 14.1. The highest BCUT2D eigenvalue weighted by Crippen LogP contribution is 2.25. The molecule has 1 aliphatic rings. The molecule has 0 amide bonds. The van der Waals surface area contributed by atoms with Crippen molar-refractivity contribution in [3.63, 3.8) is 0 Å². The molecule has 5 rings (SSSR count). The topological polar surface area (TPSA) is 151 Å². The van der Waals surface area contributed by atoms with Gasteiger partial charge < -0.3 is 15.0 Å². The summed E-state index contributed by atoms with van der Waals surface area (Å²) in [5.41, 5.74) is 1.88. The van der Waals surface area contributed by atoms with Gasteiger partial charge in [0.2, 0.25) is 5.82 Å². The average molecular weight is 498 g/mol. The number of hydrogen-bond donors (Lipinski definition) is 3. The molecule has 0 unspecified atom stereocenters. The molecule has 4 aromatic rings. The van der Waals surface area contributed by atoms with Crippen LogP contribution in [0, 0.1) is 5.82 Å². The Morgan fingerprint density at radius 3 is 2.51 bits per heavy atom. The molecule has 1 fully saturated rings. The molecule has 0 bridgehead atoms. The second kappa shape index (κ2) is 9.60. The molecule has 3 N–H and O–H groups in total. The van der Waals surface area contributed by atoms with Gasteiger partial charge in [0.05, 0.1) is 35.6 Å². The molecule has 12 nitrogen and oxygen atoms in total. The van der Waals surface area contributed by atoms with Gasteiger partial charge in [-0.1, -0.05) is 0 Å². The number of nitrogens with one attached hydrogen (secondary N) is 3. The van der Waals surface area contributed by atoms with E-state index in [4.69, 9.17) is 4.74 Å². The summed E-state index contributed by atoms with van der Waals surface area (Å²) in [6, 6.07) is 11.9. The molecule has 14 heteroatoms. The third-order valence-electron chi connectivity index (χ3n) is 5.26. The quantitative estimate of drug-likeness (QED) is 0.346. The second-order valence-electron chi connectivity index (χ2n) is 7.58. The highest BCUT2D eigenvalue weighted by molar-refractivity contribution is 7.92. The maximum absolute atomic E-state index is 14.1. The monoisotopic (exact) mass is 497 g/mol. The van der Waals surface area contributed by atoms with Crippen LogP contribution in [0.4, 0.5) is 27.3 Å². The number of ether oxygens (including phenoxy) is 1. The SMILES string of the molecule is O=S(=O)(Nc1ccc(Nc2cc(N3CCOCC3)cnn2)cc1)c1ccc(F)c(-c2nn[nH]n2)c1. The minimum Gasteiger partial charge on any atom is -0.378 e. The van der Waals surface area contributed by atoms with E-state index in [1.807, 2.05) is 6.07 Å². The molecule has 0 radical (unpaired) electrons. The third-order valence-corrected chi connectivity index (χ3v) is 6.64. The summed E-state index contributed by atoms with van der Waals surface area (Å²) in [7, 11) is -3.99. The number of anilines is 4. The highest BCUT2D eigenvalue weighted by atomic mass is 32.2. The number of morpholine rings is 1. The lowest BCUT2D eigenvalue weighted by atomic mass is 10.2. The average Bonchev–Trinajstić information content (AvgIpc) is 3.41. The van der Waals surface area contributed by atoms with Gasteiger partial charge in [-0.05, 0) is 47.7 Å². The van der Waals surface area contributed by atoms with E-state index in [2.05, 4.69) is 45.8 Å². The molecular formula is C21H20FN9O3S. The van der Waals surface area contributed by atoms with Gasteiger partial charge in [-0.15, -0.1) is 15.3 Å². The molecule has 35 heavy (non-hydrogen) atoms. The van der Waals surface area contributed by atoms with Gasteiger partial charge >= 0.3 is 0 Å². The number of benzene rings is 2. The third kappa shape index (κ3) is 5.17. The molecule has 2 aromatic heterocycles. The van der Waals surface area contributed by atoms with Crippen molar-refractivity contribution in [1.82, 2.24) is 30.8 Å². The van der Waals surface area contributed by atoms with E-state index in [0.29, 0.717) is 30.4 Å². The molecule has 1 aliphatic heterocycles. The molecule has 180 valence electrons. The number of H-pyrrole nitrogens is 1. The van der Waals surface area contributed by atoms with Crippen molar-refractivity contribution in [3.8, 4) is 11.4 Å². The van der Waals surface area contributed by atoms with Crippen LogP contribution in [0.2, 0.25) is 0 Å². The zero-order valence-corrected chi connectivity index (χ0v) is 19.0. The zero-order chi connectivity index (χ0) is 24.3. The number of hydrogen-bond acceptors (Lipinski definition) is 10. The van der Waals surface area contributed by atoms with Crippen molar-refractivity contribution in [2.75, 3.05) is 41.2 Å². The van der Waals surface area contributed by atoms with Crippen LogP contribution in [0.1, 0.15) is 0 Å². The number of halogens is 1. The van der Waals surface area contributed by atoms with Gasteiger partial charge in [0.15, 0.2) is 5.82 Å². The van der Waals surface area contributed by atoms with Crippen molar-refractivity contribution >= 4 is 32.9 Å². The summed E-state index contributed by atoms with van der Waals surface area (Å²) in [5, 5.41) is 24.3. The molecular weight excluding hydrogens is 477 g/mol. The van der Waals surface area contributed by atoms with Crippen LogP contribution in [0.3, 0.4) is 0 Å². The van der Waals surface area contributed by atoms with Gasteiger partial charge in [0, 0.05) is 30.5 Å². The van der Waals surface area contributed by atoms with Crippen LogP contribution >= 0.6 is 0 Å². The Labute approximate surface area is 199 Å². The van der Waals surface area contributed by atoms with Crippen LogP contribution in [0.15, 0.2) is 59.6 Å². The van der Waals surface area contributed by atoms with E-state index in [0.717, 1.165) is 37.0 Å². The van der Waals surface area contributed by atoms with Crippen molar-refractivity contribution in [2.45, 2.75) is 4.90 Å².